The topological polar surface area (TPSA) is 55.8 Å². The van der Waals surface area contributed by atoms with Crippen LogP contribution in [0.15, 0.2) is 72.8 Å². The number of carboxylic acid groups (broad SMARTS) is 1. The summed E-state index contributed by atoms with van der Waals surface area (Å²) in [5.74, 6) is 0.538. The lowest BCUT2D eigenvalue weighted by Gasteiger charge is -2.16. The molecule has 0 unspecified atom stereocenters. The van der Waals surface area contributed by atoms with E-state index in [1.165, 1.54) is 0 Å². The lowest BCUT2D eigenvalue weighted by molar-refractivity contribution is -0.145. The number of aliphatic carboxylic acids is 1. The number of carbonyl (C=O) groups is 1. The Morgan fingerprint density at radius 2 is 1.15 bits per heavy atom. The monoisotopic (exact) mass is 388 g/mol. The third-order valence-electron chi connectivity index (χ3n) is 3.52. The number of benzene rings is 3. The molecule has 4 nitrogen and oxygen atoms in total. The van der Waals surface area contributed by atoms with E-state index in [0.717, 1.165) is 0 Å². The zero-order valence-corrected chi connectivity index (χ0v) is 14.9. The number of rotatable bonds is 6. The fraction of sp³-hybridized carbons (Fsp3) is 0.0500. The van der Waals surface area contributed by atoms with E-state index in [1.807, 2.05) is 0 Å². The molecule has 3 aromatic carbocycles. The fourth-order valence-corrected chi connectivity index (χ4v) is 2.51. The van der Waals surface area contributed by atoms with Crippen LogP contribution in [-0.2, 0) is 4.79 Å². The fourth-order valence-electron chi connectivity index (χ4n) is 2.26. The molecule has 1 atom stereocenters. The number of hydrogen-bond donors (Lipinski definition) is 1. The van der Waals surface area contributed by atoms with Gasteiger partial charge in [0.1, 0.15) is 17.2 Å². The van der Waals surface area contributed by atoms with Crippen LogP contribution in [0.5, 0.6) is 17.2 Å². The van der Waals surface area contributed by atoms with Gasteiger partial charge < -0.3 is 14.6 Å². The van der Waals surface area contributed by atoms with Gasteiger partial charge in [0, 0.05) is 15.6 Å². The highest BCUT2D eigenvalue weighted by molar-refractivity contribution is 6.30. The van der Waals surface area contributed by atoms with Crippen molar-refractivity contribution in [1.82, 2.24) is 0 Å². The lowest BCUT2D eigenvalue weighted by Crippen LogP contribution is -2.18. The molecule has 0 spiro atoms. The van der Waals surface area contributed by atoms with Gasteiger partial charge in [-0.05, 0) is 60.7 Å². The Kier molecular flexibility index (Phi) is 5.66. The summed E-state index contributed by atoms with van der Waals surface area (Å²) in [5.41, 5.74) is 0.496. The Hall–Kier alpha value is -2.69. The molecule has 3 rings (SSSR count). The molecule has 26 heavy (non-hydrogen) atoms. The number of carboxylic acids is 1. The first kappa shape index (κ1) is 18.1. The maximum Gasteiger partial charge on any atom is 0.349 e. The van der Waals surface area contributed by atoms with Gasteiger partial charge in [-0.15, -0.1) is 0 Å². The van der Waals surface area contributed by atoms with Gasteiger partial charge in [0.15, 0.2) is 0 Å². The molecule has 0 amide bonds. The van der Waals surface area contributed by atoms with Gasteiger partial charge in [0.05, 0.1) is 0 Å². The second kappa shape index (κ2) is 8.13. The van der Waals surface area contributed by atoms with Crippen LogP contribution in [0.25, 0.3) is 0 Å². The average Bonchev–Trinajstić information content (AvgIpc) is 2.64. The van der Waals surface area contributed by atoms with Gasteiger partial charge in [-0.25, -0.2) is 4.79 Å². The zero-order chi connectivity index (χ0) is 18.5. The molecule has 6 heteroatoms. The highest BCUT2D eigenvalue weighted by Gasteiger charge is 2.22. The summed E-state index contributed by atoms with van der Waals surface area (Å²) in [6.45, 7) is 0. The molecule has 3 aromatic rings. The van der Waals surface area contributed by atoms with Crippen molar-refractivity contribution in [2.24, 2.45) is 0 Å². The molecular weight excluding hydrogens is 375 g/mol. The first-order valence-corrected chi connectivity index (χ1v) is 8.45. The van der Waals surface area contributed by atoms with E-state index in [-0.39, 0.29) is 0 Å². The first-order chi connectivity index (χ1) is 12.5. The second-order valence-electron chi connectivity index (χ2n) is 5.42. The predicted octanol–water partition coefficient (Wildman–Crippen LogP) is 5.99. The van der Waals surface area contributed by atoms with Crippen LogP contribution in [-0.4, -0.2) is 11.1 Å². The summed E-state index contributed by atoms with van der Waals surface area (Å²) in [4.78, 5) is 11.6. The minimum atomic E-state index is -1.14. The van der Waals surface area contributed by atoms with E-state index >= 15 is 0 Å². The van der Waals surface area contributed by atoms with Crippen LogP contribution in [0.4, 0.5) is 0 Å². The molecule has 0 aromatic heterocycles. The minimum Gasteiger partial charge on any atom is -0.478 e. The average molecular weight is 389 g/mol. The van der Waals surface area contributed by atoms with Gasteiger partial charge in [-0.2, -0.15) is 0 Å². The second-order valence-corrected chi connectivity index (χ2v) is 6.29. The van der Waals surface area contributed by atoms with E-state index in [1.54, 1.807) is 72.8 Å². The smallest absolute Gasteiger partial charge is 0.349 e. The largest absolute Gasteiger partial charge is 0.478 e. The van der Waals surface area contributed by atoms with E-state index in [4.69, 9.17) is 32.7 Å². The van der Waals surface area contributed by atoms with E-state index in [9.17, 15) is 9.90 Å². The van der Waals surface area contributed by atoms with Crippen molar-refractivity contribution in [3.05, 3.63) is 88.4 Å². The van der Waals surface area contributed by atoms with Crippen molar-refractivity contribution in [3.63, 3.8) is 0 Å². The van der Waals surface area contributed by atoms with Crippen molar-refractivity contribution in [2.45, 2.75) is 6.10 Å². The molecule has 0 aliphatic carbocycles. The van der Waals surface area contributed by atoms with Crippen LogP contribution in [0.3, 0.4) is 0 Å². The number of hydrogen-bond acceptors (Lipinski definition) is 3. The summed E-state index contributed by atoms with van der Waals surface area (Å²) in [7, 11) is 0. The lowest BCUT2D eigenvalue weighted by atomic mass is 10.1. The SMILES string of the molecule is O=C(O)[C@@H](Oc1ccc(Cl)cc1)c1ccc(Oc2ccc(Cl)cc2)cc1. The van der Waals surface area contributed by atoms with Crippen LogP contribution in [0, 0.1) is 0 Å². The normalized spacial score (nSPS) is 11.6. The maximum atomic E-state index is 11.6. The Labute approximate surface area is 160 Å². The van der Waals surface area contributed by atoms with Crippen LogP contribution >= 0.6 is 23.2 Å². The van der Waals surface area contributed by atoms with Crippen LogP contribution in [0.2, 0.25) is 10.0 Å². The van der Waals surface area contributed by atoms with Crippen molar-refractivity contribution in [2.75, 3.05) is 0 Å². The van der Waals surface area contributed by atoms with Crippen molar-refractivity contribution in [1.29, 1.82) is 0 Å². The highest BCUT2D eigenvalue weighted by atomic mass is 35.5. The van der Waals surface area contributed by atoms with Crippen molar-refractivity contribution >= 4 is 29.2 Å². The first-order valence-electron chi connectivity index (χ1n) is 7.70. The highest BCUT2D eigenvalue weighted by Crippen LogP contribution is 2.27. The Morgan fingerprint density at radius 3 is 1.62 bits per heavy atom. The molecule has 0 fully saturated rings. The van der Waals surface area contributed by atoms with Gasteiger partial charge >= 0.3 is 5.97 Å². The van der Waals surface area contributed by atoms with Crippen LogP contribution in [0.1, 0.15) is 11.7 Å². The number of ether oxygens (including phenoxy) is 2. The van der Waals surface area contributed by atoms with Crippen molar-refractivity contribution < 1.29 is 19.4 Å². The summed E-state index contributed by atoms with van der Waals surface area (Å²) >= 11 is 11.7. The van der Waals surface area contributed by atoms with Gasteiger partial charge in [-0.3, -0.25) is 0 Å². The Bertz CT molecular complexity index is 875. The van der Waals surface area contributed by atoms with E-state index in [2.05, 4.69) is 0 Å². The molecule has 0 saturated carbocycles. The molecular formula is C20H14Cl2O4. The van der Waals surface area contributed by atoms with Gasteiger partial charge in [0.2, 0.25) is 6.10 Å². The molecule has 0 heterocycles. The molecule has 0 aliphatic rings. The zero-order valence-electron chi connectivity index (χ0n) is 13.4. The van der Waals surface area contributed by atoms with Gasteiger partial charge in [-0.1, -0.05) is 35.3 Å². The molecule has 0 radical (unpaired) electrons. The third kappa shape index (κ3) is 4.69. The molecule has 0 bridgehead atoms. The maximum absolute atomic E-state index is 11.6. The summed E-state index contributed by atoms with van der Waals surface area (Å²) < 4.78 is 11.3. The predicted molar refractivity (Wildman–Crippen MR) is 100 cm³/mol. The molecule has 132 valence electrons. The number of halogens is 2. The van der Waals surface area contributed by atoms with Crippen molar-refractivity contribution in [3.8, 4) is 17.2 Å². The molecule has 0 aliphatic heterocycles. The summed E-state index contributed by atoms with van der Waals surface area (Å²) in [5, 5.41) is 10.6. The van der Waals surface area contributed by atoms with E-state index < -0.39 is 12.1 Å². The molecule has 1 N–H and O–H groups in total. The minimum absolute atomic E-state index is 0.420. The summed E-state index contributed by atoms with van der Waals surface area (Å²) in [6, 6.07) is 20.2. The molecule has 0 saturated heterocycles. The standard InChI is InChI=1S/C20H14Cl2O4/c21-14-3-9-17(10-4-14)25-16-7-1-13(2-8-16)19(20(23)24)26-18-11-5-15(22)6-12-18/h1-12,19H,(H,23,24)/t19-/m0/s1. The van der Waals surface area contributed by atoms with Crippen LogP contribution < -0.4 is 9.47 Å². The quantitative estimate of drug-likeness (QED) is 0.563. The Balaban J connectivity index is 1.74. The van der Waals surface area contributed by atoms with Gasteiger partial charge in [0.25, 0.3) is 0 Å². The Morgan fingerprint density at radius 1 is 0.731 bits per heavy atom. The third-order valence-corrected chi connectivity index (χ3v) is 4.03. The summed E-state index contributed by atoms with van der Waals surface area (Å²) in [6.07, 6.45) is -1.14. The van der Waals surface area contributed by atoms with E-state index in [0.29, 0.717) is 32.9 Å².